The number of rotatable bonds is 4. The van der Waals surface area contributed by atoms with Gasteiger partial charge >= 0.3 is 0 Å². The molecule has 0 unspecified atom stereocenters. The Labute approximate surface area is 59.7 Å². The molecule has 0 aliphatic heterocycles. The summed E-state index contributed by atoms with van der Waals surface area (Å²) < 4.78 is 0. The molecule has 0 saturated heterocycles. The molecular weight excluding hydrogens is 108 g/mol. The fourth-order valence-corrected chi connectivity index (χ4v) is 0.822. The maximum Gasteiger partial charge on any atom is -0.0445 e. The maximum atomic E-state index is 2.34. The van der Waals surface area contributed by atoms with Crippen LogP contribution in [0.25, 0.3) is 0 Å². The van der Waals surface area contributed by atoms with E-state index in [0.29, 0.717) is 0 Å². The Hall–Kier alpha value is 0. The van der Waals surface area contributed by atoms with E-state index in [9.17, 15) is 0 Å². The summed E-state index contributed by atoms with van der Waals surface area (Å²) in [7, 11) is 0. The van der Waals surface area contributed by atoms with Gasteiger partial charge < -0.3 is 0 Å². The van der Waals surface area contributed by atoms with E-state index in [4.69, 9.17) is 0 Å². The molecule has 0 fully saturated rings. The van der Waals surface area contributed by atoms with Crippen LogP contribution in [0.5, 0.6) is 0 Å². The molecule has 0 bridgehead atoms. The first-order valence-electron chi connectivity index (χ1n) is 4.16. The van der Waals surface area contributed by atoms with Crippen LogP contribution in [0.1, 0.15) is 47.0 Å². The summed E-state index contributed by atoms with van der Waals surface area (Å²) in [6.45, 7) is 9.19. The summed E-state index contributed by atoms with van der Waals surface area (Å²) in [5.74, 6) is 1.83. The second kappa shape index (κ2) is 4.84. The van der Waals surface area contributed by atoms with Gasteiger partial charge in [-0.2, -0.15) is 0 Å². The number of hydrogen-bond acceptors (Lipinski definition) is 0. The van der Waals surface area contributed by atoms with Crippen LogP contribution >= 0.6 is 0 Å². The molecule has 56 valence electrons. The van der Waals surface area contributed by atoms with Crippen LogP contribution in [0.4, 0.5) is 0 Å². The third kappa shape index (κ3) is 5.88. The summed E-state index contributed by atoms with van der Waals surface area (Å²) in [6.07, 6.45) is 4.15. The minimum absolute atomic E-state index is 0.888. The molecule has 0 heteroatoms. The second-order valence-corrected chi connectivity index (χ2v) is 3.48. The predicted molar refractivity (Wildman–Crippen MR) is 43.5 cm³/mol. The zero-order valence-corrected chi connectivity index (χ0v) is 7.28. The molecular formula is C9H20. The first-order chi connectivity index (χ1) is 4.16. The predicted octanol–water partition coefficient (Wildman–Crippen LogP) is 3.47. The molecule has 0 aliphatic carbocycles. The molecule has 0 aliphatic rings. The minimum Gasteiger partial charge on any atom is -0.0651 e. The summed E-state index contributed by atoms with van der Waals surface area (Å²) in [4.78, 5) is 0. The SMILES string of the molecule is CC[C@@H](C)CCC(C)C. The Morgan fingerprint density at radius 2 is 1.56 bits per heavy atom. The van der Waals surface area contributed by atoms with Crippen molar-refractivity contribution in [1.82, 2.24) is 0 Å². The molecule has 0 nitrogen and oxygen atoms in total. The van der Waals surface area contributed by atoms with Gasteiger partial charge in [0.25, 0.3) is 0 Å². The van der Waals surface area contributed by atoms with E-state index in [1.54, 1.807) is 0 Å². The number of hydrogen-bond donors (Lipinski definition) is 0. The van der Waals surface area contributed by atoms with Crippen molar-refractivity contribution in [3.05, 3.63) is 0 Å². The van der Waals surface area contributed by atoms with E-state index in [1.807, 2.05) is 0 Å². The van der Waals surface area contributed by atoms with Crippen LogP contribution in [0.2, 0.25) is 0 Å². The third-order valence-electron chi connectivity index (χ3n) is 1.93. The standard InChI is InChI=1S/C9H20/c1-5-9(4)7-6-8(2)3/h8-9H,5-7H2,1-4H3/t9-/m1/s1. The van der Waals surface area contributed by atoms with Gasteiger partial charge in [0, 0.05) is 0 Å². The minimum atomic E-state index is 0.888. The molecule has 0 amide bonds. The molecule has 0 spiro atoms. The molecule has 0 aromatic rings. The summed E-state index contributed by atoms with van der Waals surface area (Å²) >= 11 is 0. The van der Waals surface area contributed by atoms with E-state index < -0.39 is 0 Å². The molecule has 0 saturated carbocycles. The van der Waals surface area contributed by atoms with Gasteiger partial charge in [-0.15, -0.1) is 0 Å². The maximum absolute atomic E-state index is 2.34. The summed E-state index contributed by atoms with van der Waals surface area (Å²) in [5, 5.41) is 0. The largest absolute Gasteiger partial charge is 0.0651 e. The van der Waals surface area contributed by atoms with E-state index in [-0.39, 0.29) is 0 Å². The van der Waals surface area contributed by atoms with Crippen molar-refractivity contribution in [2.45, 2.75) is 47.0 Å². The van der Waals surface area contributed by atoms with Crippen LogP contribution in [0.15, 0.2) is 0 Å². The lowest BCUT2D eigenvalue weighted by molar-refractivity contribution is 0.441. The Morgan fingerprint density at radius 3 is 1.89 bits per heavy atom. The summed E-state index contributed by atoms with van der Waals surface area (Å²) in [5.41, 5.74) is 0. The van der Waals surface area contributed by atoms with E-state index >= 15 is 0 Å². The van der Waals surface area contributed by atoms with Crippen molar-refractivity contribution in [3.8, 4) is 0 Å². The molecule has 0 N–H and O–H groups in total. The lowest BCUT2D eigenvalue weighted by atomic mass is 9.98. The van der Waals surface area contributed by atoms with Crippen LogP contribution in [0.3, 0.4) is 0 Å². The van der Waals surface area contributed by atoms with Crippen molar-refractivity contribution in [3.63, 3.8) is 0 Å². The topological polar surface area (TPSA) is 0 Å². The average molecular weight is 128 g/mol. The third-order valence-corrected chi connectivity index (χ3v) is 1.93. The molecule has 0 heterocycles. The molecule has 0 aromatic carbocycles. The van der Waals surface area contributed by atoms with Crippen molar-refractivity contribution < 1.29 is 0 Å². The molecule has 9 heavy (non-hydrogen) atoms. The zero-order chi connectivity index (χ0) is 7.28. The lowest BCUT2D eigenvalue weighted by Crippen LogP contribution is -1.95. The van der Waals surface area contributed by atoms with Gasteiger partial charge in [0.05, 0.1) is 0 Å². The highest BCUT2D eigenvalue weighted by atomic mass is 14.1. The first-order valence-corrected chi connectivity index (χ1v) is 4.16. The lowest BCUT2D eigenvalue weighted by Gasteiger charge is -2.09. The van der Waals surface area contributed by atoms with Crippen molar-refractivity contribution >= 4 is 0 Å². The second-order valence-electron chi connectivity index (χ2n) is 3.48. The fourth-order valence-electron chi connectivity index (χ4n) is 0.822. The van der Waals surface area contributed by atoms with Crippen molar-refractivity contribution in [2.75, 3.05) is 0 Å². The molecule has 1 atom stereocenters. The normalized spacial score (nSPS) is 14.3. The fraction of sp³-hybridized carbons (Fsp3) is 1.00. The smallest absolute Gasteiger partial charge is 0.0445 e. The van der Waals surface area contributed by atoms with Crippen LogP contribution in [-0.2, 0) is 0 Å². The highest BCUT2D eigenvalue weighted by Crippen LogP contribution is 2.13. The van der Waals surface area contributed by atoms with Gasteiger partial charge in [-0.1, -0.05) is 47.0 Å². The molecule has 0 radical (unpaired) electrons. The van der Waals surface area contributed by atoms with Gasteiger partial charge in [-0.25, -0.2) is 0 Å². The summed E-state index contributed by atoms with van der Waals surface area (Å²) in [6, 6.07) is 0. The first kappa shape index (κ1) is 9.00. The molecule has 0 aromatic heterocycles. The quantitative estimate of drug-likeness (QED) is 0.544. The Kier molecular flexibility index (Phi) is 4.84. The van der Waals surface area contributed by atoms with Gasteiger partial charge in [0.15, 0.2) is 0 Å². The van der Waals surface area contributed by atoms with Gasteiger partial charge in [0.2, 0.25) is 0 Å². The van der Waals surface area contributed by atoms with E-state index in [0.717, 1.165) is 11.8 Å². The molecule has 0 rings (SSSR count). The Bertz CT molecular complexity index is 55.1. The zero-order valence-electron chi connectivity index (χ0n) is 7.28. The van der Waals surface area contributed by atoms with Gasteiger partial charge in [0.1, 0.15) is 0 Å². The monoisotopic (exact) mass is 128 g/mol. The average Bonchev–Trinajstić information content (AvgIpc) is 1.83. The highest BCUT2D eigenvalue weighted by molar-refractivity contribution is 4.52. The van der Waals surface area contributed by atoms with Crippen LogP contribution < -0.4 is 0 Å². The van der Waals surface area contributed by atoms with Gasteiger partial charge in [-0.3, -0.25) is 0 Å². The van der Waals surface area contributed by atoms with Crippen molar-refractivity contribution in [1.29, 1.82) is 0 Å². The van der Waals surface area contributed by atoms with Crippen LogP contribution in [0, 0.1) is 11.8 Å². The highest BCUT2D eigenvalue weighted by Gasteiger charge is 1.99. The van der Waals surface area contributed by atoms with E-state index in [1.165, 1.54) is 19.3 Å². The Morgan fingerprint density at radius 1 is 1.00 bits per heavy atom. The van der Waals surface area contributed by atoms with Crippen molar-refractivity contribution in [2.24, 2.45) is 11.8 Å². The van der Waals surface area contributed by atoms with Gasteiger partial charge in [-0.05, 0) is 11.8 Å². The van der Waals surface area contributed by atoms with Crippen LogP contribution in [-0.4, -0.2) is 0 Å². The Balaban J connectivity index is 3.06. The van der Waals surface area contributed by atoms with E-state index in [2.05, 4.69) is 27.7 Å².